The molecule has 0 aliphatic carbocycles. The Bertz CT molecular complexity index is 1420. The molecule has 0 saturated heterocycles. The van der Waals surface area contributed by atoms with Gasteiger partial charge in [0.15, 0.2) is 0 Å². The van der Waals surface area contributed by atoms with E-state index in [0.29, 0.717) is 18.3 Å². The lowest BCUT2D eigenvalue weighted by Gasteiger charge is -2.07. The first-order valence-corrected chi connectivity index (χ1v) is 10.9. The van der Waals surface area contributed by atoms with E-state index in [-0.39, 0.29) is 11.5 Å². The van der Waals surface area contributed by atoms with Crippen molar-refractivity contribution in [2.24, 2.45) is 0 Å². The van der Waals surface area contributed by atoms with E-state index < -0.39 is 17.5 Å². The molecule has 8 heteroatoms. The molecule has 5 rings (SSSR count). The van der Waals surface area contributed by atoms with Crippen LogP contribution in [0.2, 0.25) is 0 Å². The van der Waals surface area contributed by atoms with Crippen LogP contribution < -0.4 is 5.32 Å². The van der Waals surface area contributed by atoms with E-state index in [0.717, 1.165) is 44.1 Å². The Labute approximate surface area is 192 Å². The van der Waals surface area contributed by atoms with Crippen molar-refractivity contribution < 1.29 is 18.4 Å². The lowest BCUT2D eigenvalue weighted by molar-refractivity contribution is 0.0816. The van der Waals surface area contributed by atoms with Gasteiger partial charge in [-0.1, -0.05) is 6.07 Å². The Hall–Kier alpha value is -3.91. The van der Waals surface area contributed by atoms with Gasteiger partial charge in [-0.2, -0.15) is 0 Å². The number of carbonyl (C=O) groups is 2. The second kappa shape index (κ2) is 8.22. The highest BCUT2D eigenvalue weighted by Gasteiger charge is 2.24. The van der Waals surface area contributed by atoms with Gasteiger partial charge in [0.2, 0.25) is 0 Å². The third kappa shape index (κ3) is 4.01. The van der Waals surface area contributed by atoms with Gasteiger partial charge in [-0.3, -0.25) is 14.6 Å². The molecule has 5 nitrogen and oxygen atoms in total. The number of halogens is 2. The zero-order chi connectivity index (χ0) is 23.1. The monoisotopic (exact) mass is 461 g/mol. The van der Waals surface area contributed by atoms with Crippen molar-refractivity contribution in [1.82, 2.24) is 9.88 Å². The van der Waals surface area contributed by atoms with Gasteiger partial charge in [0.1, 0.15) is 11.6 Å². The molecule has 0 unspecified atom stereocenters. The molecule has 1 aliphatic rings. The smallest absolute Gasteiger partial charge is 0.258 e. The average molecular weight is 461 g/mol. The molecule has 33 heavy (non-hydrogen) atoms. The number of carbonyl (C=O) groups excluding carboxylic acids is 2. The van der Waals surface area contributed by atoms with Crippen LogP contribution in [0.5, 0.6) is 0 Å². The molecule has 1 aliphatic heterocycles. The summed E-state index contributed by atoms with van der Waals surface area (Å²) >= 11 is 1.56. The summed E-state index contributed by atoms with van der Waals surface area (Å²) in [5.41, 5.74) is 3.71. The molecule has 2 amide bonds. The maximum absolute atomic E-state index is 13.9. The Kier molecular flexibility index (Phi) is 5.22. The molecule has 1 N–H and O–H groups in total. The van der Waals surface area contributed by atoms with Gasteiger partial charge in [0.25, 0.3) is 11.8 Å². The zero-order valence-corrected chi connectivity index (χ0v) is 18.2. The van der Waals surface area contributed by atoms with Gasteiger partial charge in [0, 0.05) is 46.7 Å². The molecule has 4 aromatic rings. The molecule has 0 atom stereocenters. The largest absolute Gasteiger partial charge is 0.337 e. The fourth-order valence-electron chi connectivity index (χ4n) is 3.78. The first-order chi connectivity index (χ1) is 15.9. The van der Waals surface area contributed by atoms with E-state index >= 15 is 0 Å². The highest BCUT2D eigenvalue weighted by Crippen LogP contribution is 2.36. The summed E-state index contributed by atoms with van der Waals surface area (Å²) in [7, 11) is 1.79. The van der Waals surface area contributed by atoms with Crippen LogP contribution in [-0.2, 0) is 6.54 Å². The van der Waals surface area contributed by atoms with Crippen LogP contribution in [0.1, 0.15) is 26.3 Å². The van der Waals surface area contributed by atoms with Crippen molar-refractivity contribution in [1.29, 1.82) is 0 Å². The van der Waals surface area contributed by atoms with Crippen molar-refractivity contribution in [3.8, 4) is 20.9 Å². The summed E-state index contributed by atoms with van der Waals surface area (Å²) in [6, 6.07) is 14.4. The van der Waals surface area contributed by atoms with Crippen LogP contribution in [-0.4, -0.2) is 28.7 Å². The van der Waals surface area contributed by atoms with Gasteiger partial charge < -0.3 is 10.2 Å². The Balaban J connectivity index is 1.38. The summed E-state index contributed by atoms with van der Waals surface area (Å²) < 4.78 is 27.0. The Morgan fingerprint density at radius 1 is 1.00 bits per heavy atom. The minimum absolute atomic E-state index is 0.0360. The predicted molar refractivity (Wildman–Crippen MR) is 123 cm³/mol. The van der Waals surface area contributed by atoms with Crippen LogP contribution in [0.3, 0.4) is 0 Å². The molecule has 2 aromatic carbocycles. The van der Waals surface area contributed by atoms with E-state index in [9.17, 15) is 18.4 Å². The minimum Gasteiger partial charge on any atom is -0.337 e. The normalized spacial score (nSPS) is 12.7. The van der Waals surface area contributed by atoms with Gasteiger partial charge in [-0.15, -0.1) is 11.3 Å². The predicted octanol–water partition coefficient (Wildman–Crippen LogP) is 5.59. The molecular weight excluding hydrogens is 444 g/mol. The van der Waals surface area contributed by atoms with E-state index in [2.05, 4.69) is 10.3 Å². The topological polar surface area (TPSA) is 62.3 Å². The van der Waals surface area contributed by atoms with Crippen LogP contribution >= 0.6 is 11.3 Å². The van der Waals surface area contributed by atoms with Gasteiger partial charge >= 0.3 is 0 Å². The Morgan fingerprint density at radius 2 is 1.79 bits per heavy atom. The van der Waals surface area contributed by atoms with Crippen molar-refractivity contribution in [3.63, 3.8) is 0 Å². The van der Waals surface area contributed by atoms with Gasteiger partial charge in [-0.05, 0) is 53.6 Å². The number of pyridine rings is 1. The number of thiophene rings is 1. The fourth-order valence-corrected chi connectivity index (χ4v) is 4.77. The summed E-state index contributed by atoms with van der Waals surface area (Å²) in [5.74, 6) is -2.32. The number of hydrogen-bond acceptors (Lipinski definition) is 4. The van der Waals surface area contributed by atoms with Crippen molar-refractivity contribution >= 4 is 28.8 Å². The number of nitrogens with one attached hydrogen (secondary N) is 1. The number of hydrogen-bond donors (Lipinski definition) is 1. The fraction of sp³-hybridized carbons (Fsp3) is 0.0800. The summed E-state index contributed by atoms with van der Waals surface area (Å²) in [6.45, 7) is 0.598. The number of anilines is 1. The number of fused-ring (bicyclic) bond motifs is 1. The maximum atomic E-state index is 13.9. The second-order valence-corrected chi connectivity index (χ2v) is 8.82. The molecule has 3 heterocycles. The van der Waals surface area contributed by atoms with E-state index in [4.69, 9.17) is 0 Å². The number of benzene rings is 2. The first kappa shape index (κ1) is 21.0. The van der Waals surface area contributed by atoms with E-state index in [1.165, 1.54) is 6.20 Å². The van der Waals surface area contributed by atoms with Crippen LogP contribution in [0.4, 0.5) is 14.5 Å². The zero-order valence-electron chi connectivity index (χ0n) is 17.4. The summed E-state index contributed by atoms with van der Waals surface area (Å²) in [4.78, 5) is 32.4. The molecule has 0 fully saturated rings. The lowest BCUT2D eigenvalue weighted by Crippen LogP contribution is -2.17. The Morgan fingerprint density at radius 3 is 2.58 bits per heavy atom. The SMILES string of the molecule is CN1Cc2cc(-c3ccc(-c4cncc(NC(=O)c5ccc(F)cc5F)c4)s3)ccc2C1=O. The van der Waals surface area contributed by atoms with Crippen LogP contribution in [0.25, 0.3) is 20.9 Å². The molecular formula is C25H17F2N3O2S. The number of aromatic nitrogens is 1. The molecule has 0 spiro atoms. The van der Waals surface area contributed by atoms with Crippen molar-refractivity contribution in [3.05, 3.63) is 95.3 Å². The molecule has 2 aromatic heterocycles. The number of amides is 2. The second-order valence-electron chi connectivity index (χ2n) is 7.74. The molecule has 164 valence electrons. The van der Waals surface area contributed by atoms with Gasteiger partial charge in [0.05, 0.1) is 17.4 Å². The first-order valence-electron chi connectivity index (χ1n) is 10.1. The highest BCUT2D eigenvalue weighted by atomic mass is 32.1. The lowest BCUT2D eigenvalue weighted by atomic mass is 10.1. The van der Waals surface area contributed by atoms with Crippen LogP contribution in [0, 0.1) is 11.6 Å². The van der Waals surface area contributed by atoms with E-state index in [1.54, 1.807) is 35.5 Å². The summed E-state index contributed by atoms with van der Waals surface area (Å²) in [5, 5.41) is 2.61. The van der Waals surface area contributed by atoms with E-state index in [1.807, 2.05) is 30.3 Å². The number of nitrogens with zero attached hydrogens (tertiary/aromatic N) is 2. The quantitative estimate of drug-likeness (QED) is 0.431. The average Bonchev–Trinajstić information content (AvgIpc) is 3.39. The van der Waals surface area contributed by atoms with Crippen LogP contribution in [0.15, 0.2) is 67.0 Å². The number of rotatable bonds is 4. The maximum Gasteiger partial charge on any atom is 0.258 e. The highest BCUT2D eigenvalue weighted by molar-refractivity contribution is 7.18. The standard InChI is InChI=1S/C25H17F2N3O2S/c1-30-13-16-8-14(2-4-19(16)25(30)32)22-6-7-23(33-22)15-9-18(12-28-11-15)29-24(31)20-5-3-17(26)10-21(20)27/h2-12H,13H2,1H3,(H,29,31). The minimum atomic E-state index is -0.929. The van der Waals surface area contributed by atoms with Crippen molar-refractivity contribution in [2.75, 3.05) is 12.4 Å². The summed E-state index contributed by atoms with van der Waals surface area (Å²) in [6.07, 6.45) is 3.14. The molecule has 0 bridgehead atoms. The third-order valence-corrected chi connectivity index (χ3v) is 6.62. The van der Waals surface area contributed by atoms with Crippen molar-refractivity contribution in [2.45, 2.75) is 6.54 Å². The molecule has 0 saturated carbocycles. The van der Waals surface area contributed by atoms with Gasteiger partial charge in [-0.25, -0.2) is 8.78 Å². The molecule has 0 radical (unpaired) electrons. The third-order valence-electron chi connectivity index (χ3n) is 5.44.